The van der Waals surface area contributed by atoms with Crippen molar-refractivity contribution < 1.29 is 22.4 Å². The van der Waals surface area contributed by atoms with Crippen LogP contribution < -0.4 is 15.8 Å². The van der Waals surface area contributed by atoms with E-state index in [0.29, 0.717) is 30.4 Å². The standard InChI is InChI=1S/C24H26F4N6O2/c1-13-10-34(11-14(2)33(13)4)21-7-19(25)16(15-8-30-32(3)12-15)5-20(21)31-23(36)17-9-29-22(35)6-18(17)24(26,27)28/h5-9,12-14H,10-11H2,1-4H3,(H,29,35)(H,31,36)/t13-,14+. The van der Waals surface area contributed by atoms with E-state index in [1.807, 2.05) is 25.8 Å². The second-order valence-corrected chi connectivity index (χ2v) is 9.10. The number of aryl methyl sites for hydroxylation is 1. The molecule has 3 aromatic rings. The van der Waals surface area contributed by atoms with Crippen LogP contribution in [0.2, 0.25) is 0 Å². The van der Waals surface area contributed by atoms with Crippen molar-refractivity contribution >= 4 is 17.3 Å². The van der Waals surface area contributed by atoms with Crippen molar-refractivity contribution in [3.05, 3.63) is 64.1 Å². The molecule has 12 heteroatoms. The van der Waals surface area contributed by atoms with Gasteiger partial charge in [-0.25, -0.2) is 4.39 Å². The third-order valence-corrected chi connectivity index (χ3v) is 6.52. The number of aromatic amines is 1. The fourth-order valence-electron chi connectivity index (χ4n) is 4.39. The van der Waals surface area contributed by atoms with Crippen LogP contribution in [0.1, 0.15) is 29.8 Å². The molecular weight excluding hydrogens is 480 g/mol. The molecule has 2 atom stereocenters. The van der Waals surface area contributed by atoms with Gasteiger partial charge in [-0.3, -0.25) is 19.2 Å². The van der Waals surface area contributed by atoms with Crippen molar-refractivity contribution in [3.8, 4) is 11.1 Å². The first-order valence-corrected chi connectivity index (χ1v) is 11.3. The molecule has 192 valence electrons. The number of alkyl halides is 3. The summed E-state index contributed by atoms with van der Waals surface area (Å²) in [5.41, 5.74) is -2.03. The van der Waals surface area contributed by atoms with Gasteiger partial charge in [-0.1, -0.05) is 0 Å². The number of amides is 1. The Hall–Kier alpha value is -3.67. The van der Waals surface area contributed by atoms with Crippen LogP contribution >= 0.6 is 0 Å². The maximum atomic E-state index is 15.3. The number of H-pyrrole nitrogens is 1. The number of benzene rings is 1. The topological polar surface area (TPSA) is 86.3 Å². The average Bonchev–Trinajstić information content (AvgIpc) is 3.23. The molecule has 0 spiro atoms. The Balaban J connectivity index is 1.80. The van der Waals surface area contributed by atoms with Crippen LogP contribution in [0, 0.1) is 5.82 Å². The Morgan fingerprint density at radius 1 is 1.14 bits per heavy atom. The van der Waals surface area contributed by atoms with Crippen molar-refractivity contribution in [3.63, 3.8) is 0 Å². The second kappa shape index (κ2) is 9.41. The minimum absolute atomic E-state index is 0.106. The molecule has 1 saturated heterocycles. The lowest BCUT2D eigenvalue weighted by molar-refractivity contribution is -0.138. The smallest absolute Gasteiger partial charge is 0.367 e. The Morgan fingerprint density at radius 3 is 2.39 bits per heavy atom. The molecule has 1 fully saturated rings. The maximum Gasteiger partial charge on any atom is 0.417 e. The van der Waals surface area contributed by atoms with E-state index in [4.69, 9.17) is 0 Å². The van der Waals surface area contributed by atoms with E-state index in [1.54, 1.807) is 13.2 Å². The number of aromatic nitrogens is 3. The van der Waals surface area contributed by atoms with Gasteiger partial charge in [0.05, 0.1) is 28.7 Å². The van der Waals surface area contributed by atoms with Crippen molar-refractivity contribution in [2.75, 3.05) is 30.4 Å². The quantitative estimate of drug-likeness (QED) is 0.527. The highest BCUT2D eigenvalue weighted by Crippen LogP contribution is 2.37. The Labute approximate surface area is 204 Å². The summed E-state index contributed by atoms with van der Waals surface area (Å²) in [6.45, 7) is 5.05. The summed E-state index contributed by atoms with van der Waals surface area (Å²) in [6.07, 6.45) is -1.15. The minimum Gasteiger partial charge on any atom is -0.367 e. The highest BCUT2D eigenvalue weighted by atomic mass is 19.4. The number of piperazine rings is 1. The Bertz CT molecular complexity index is 1340. The van der Waals surface area contributed by atoms with E-state index in [1.165, 1.54) is 23.0 Å². The minimum atomic E-state index is -4.92. The first kappa shape index (κ1) is 25.4. The van der Waals surface area contributed by atoms with Crippen LogP contribution in [0.25, 0.3) is 11.1 Å². The number of pyridine rings is 1. The number of hydrogen-bond acceptors (Lipinski definition) is 5. The number of carbonyl (C=O) groups is 1. The van der Waals surface area contributed by atoms with Gasteiger partial charge in [-0.2, -0.15) is 18.3 Å². The van der Waals surface area contributed by atoms with Crippen LogP contribution in [-0.4, -0.2) is 57.8 Å². The summed E-state index contributed by atoms with van der Waals surface area (Å²) < 4.78 is 57.5. The van der Waals surface area contributed by atoms with Crippen LogP contribution in [0.4, 0.5) is 28.9 Å². The lowest BCUT2D eigenvalue weighted by atomic mass is 10.0. The number of anilines is 2. The first-order chi connectivity index (χ1) is 16.8. The number of likely N-dealkylation sites (N-methyl/N-ethyl adjacent to an activating group) is 1. The summed E-state index contributed by atoms with van der Waals surface area (Å²) in [6, 6.07) is 3.22. The lowest BCUT2D eigenvalue weighted by Gasteiger charge is -2.44. The van der Waals surface area contributed by atoms with E-state index >= 15 is 4.39 Å². The van der Waals surface area contributed by atoms with Gasteiger partial charge < -0.3 is 15.2 Å². The van der Waals surface area contributed by atoms with E-state index < -0.39 is 34.6 Å². The van der Waals surface area contributed by atoms with Crippen LogP contribution in [-0.2, 0) is 13.2 Å². The molecule has 0 saturated carbocycles. The summed E-state index contributed by atoms with van der Waals surface area (Å²) in [4.78, 5) is 30.8. The van der Waals surface area contributed by atoms with Gasteiger partial charge in [0.1, 0.15) is 5.82 Å². The molecule has 0 bridgehead atoms. The zero-order chi connectivity index (χ0) is 26.4. The number of halogens is 4. The van der Waals surface area contributed by atoms with Gasteiger partial charge in [0.15, 0.2) is 0 Å². The summed E-state index contributed by atoms with van der Waals surface area (Å²) in [5.74, 6) is -1.64. The first-order valence-electron chi connectivity index (χ1n) is 11.3. The van der Waals surface area contributed by atoms with Crippen molar-refractivity contribution in [1.82, 2.24) is 19.7 Å². The lowest BCUT2D eigenvalue weighted by Crippen LogP contribution is -2.55. The normalized spacial score (nSPS) is 18.9. The molecule has 1 aliphatic heterocycles. The Morgan fingerprint density at radius 2 is 1.81 bits per heavy atom. The zero-order valence-corrected chi connectivity index (χ0v) is 20.2. The molecule has 0 aliphatic carbocycles. The number of rotatable bonds is 4. The van der Waals surface area contributed by atoms with E-state index in [0.717, 1.165) is 6.20 Å². The second-order valence-electron chi connectivity index (χ2n) is 9.10. The SMILES string of the molecule is C[C@@H]1CN(c2cc(F)c(-c3cnn(C)c3)cc2NC(=O)c2c[nH]c(=O)cc2C(F)(F)F)C[C@H](C)N1C. The van der Waals surface area contributed by atoms with Gasteiger partial charge >= 0.3 is 6.18 Å². The molecule has 3 heterocycles. The van der Waals surface area contributed by atoms with E-state index in [9.17, 15) is 22.8 Å². The molecule has 8 nitrogen and oxygen atoms in total. The fourth-order valence-corrected chi connectivity index (χ4v) is 4.39. The van der Waals surface area contributed by atoms with Crippen LogP contribution in [0.15, 0.2) is 41.6 Å². The third-order valence-electron chi connectivity index (χ3n) is 6.52. The van der Waals surface area contributed by atoms with Gasteiger partial charge in [0, 0.05) is 61.8 Å². The van der Waals surface area contributed by atoms with E-state index in [-0.39, 0.29) is 23.3 Å². The highest BCUT2D eigenvalue weighted by Gasteiger charge is 2.36. The average molecular weight is 507 g/mol. The maximum absolute atomic E-state index is 15.3. The molecular formula is C24H26F4N6O2. The molecule has 1 amide bonds. The van der Waals surface area contributed by atoms with Crippen molar-refractivity contribution in [2.24, 2.45) is 7.05 Å². The fraction of sp³-hybridized carbons (Fsp3) is 0.375. The number of nitrogens with zero attached hydrogens (tertiary/aromatic N) is 4. The molecule has 1 aliphatic rings. The number of nitrogens with one attached hydrogen (secondary N) is 2. The molecule has 2 aromatic heterocycles. The summed E-state index contributed by atoms with van der Waals surface area (Å²) in [5, 5.41) is 6.58. The van der Waals surface area contributed by atoms with Crippen LogP contribution in [0.5, 0.6) is 0 Å². The van der Waals surface area contributed by atoms with Gasteiger partial charge in [0.2, 0.25) is 5.56 Å². The Kier molecular flexibility index (Phi) is 6.65. The monoisotopic (exact) mass is 506 g/mol. The zero-order valence-electron chi connectivity index (χ0n) is 20.2. The predicted octanol–water partition coefficient (Wildman–Crippen LogP) is 3.71. The van der Waals surface area contributed by atoms with Crippen molar-refractivity contribution in [1.29, 1.82) is 0 Å². The summed E-state index contributed by atoms with van der Waals surface area (Å²) in [7, 11) is 3.65. The molecule has 0 radical (unpaired) electrons. The highest BCUT2D eigenvalue weighted by molar-refractivity contribution is 6.07. The number of carbonyl (C=O) groups excluding carboxylic acids is 1. The number of hydrogen-bond donors (Lipinski definition) is 2. The summed E-state index contributed by atoms with van der Waals surface area (Å²) >= 11 is 0. The largest absolute Gasteiger partial charge is 0.417 e. The van der Waals surface area contributed by atoms with Gasteiger partial charge in [0.25, 0.3) is 5.91 Å². The molecule has 36 heavy (non-hydrogen) atoms. The molecule has 0 unspecified atom stereocenters. The molecule has 1 aromatic carbocycles. The predicted molar refractivity (Wildman–Crippen MR) is 128 cm³/mol. The third kappa shape index (κ3) is 4.99. The molecule has 2 N–H and O–H groups in total. The van der Waals surface area contributed by atoms with Crippen LogP contribution in [0.3, 0.4) is 0 Å². The van der Waals surface area contributed by atoms with Gasteiger partial charge in [-0.15, -0.1) is 0 Å². The van der Waals surface area contributed by atoms with E-state index in [2.05, 4.69) is 20.3 Å². The van der Waals surface area contributed by atoms with Gasteiger partial charge in [-0.05, 0) is 33.0 Å². The van der Waals surface area contributed by atoms with Crippen molar-refractivity contribution in [2.45, 2.75) is 32.1 Å². The molecule has 4 rings (SSSR count).